The number of piperidine rings is 1. The van der Waals surface area contributed by atoms with Gasteiger partial charge in [-0.05, 0) is 37.0 Å². The summed E-state index contributed by atoms with van der Waals surface area (Å²) in [5, 5.41) is 13.2. The number of rotatable bonds is 3. The molecule has 2 rings (SSSR count). The van der Waals surface area contributed by atoms with Gasteiger partial charge in [-0.25, -0.2) is 0 Å². The third kappa shape index (κ3) is 3.95. The van der Waals surface area contributed by atoms with E-state index in [-0.39, 0.29) is 17.9 Å². The summed E-state index contributed by atoms with van der Waals surface area (Å²) in [7, 11) is 0. The first-order valence-corrected chi connectivity index (χ1v) is 7.30. The number of carbonyl (C=O) groups excluding carboxylic acids is 1. The maximum Gasteiger partial charge on any atom is 0.238 e. The Morgan fingerprint density at radius 1 is 1.55 bits per heavy atom. The van der Waals surface area contributed by atoms with E-state index < -0.39 is 0 Å². The minimum absolute atomic E-state index is 0.0477. The van der Waals surface area contributed by atoms with E-state index in [1.165, 1.54) is 0 Å². The number of hydrogen-bond donors (Lipinski definition) is 2. The second-order valence-corrected chi connectivity index (χ2v) is 5.99. The van der Waals surface area contributed by atoms with Crippen molar-refractivity contribution < 1.29 is 9.90 Å². The van der Waals surface area contributed by atoms with Crippen molar-refractivity contribution in [1.82, 2.24) is 4.90 Å². The van der Waals surface area contributed by atoms with Crippen molar-refractivity contribution in [3.05, 3.63) is 28.8 Å². The van der Waals surface area contributed by atoms with Crippen LogP contribution in [0, 0.1) is 12.8 Å². The Kier molecular flexibility index (Phi) is 5.02. The van der Waals surface area contributed by atoms with E-state index in [2.05, 4.69) is 10.2 Å². The standard InChI is InChI=1S/C15H21ClN2O2/c1-10-3-4-12(7-13(10)16)17-15(20)9-18-6-5-14(19)11(2)8-18/h3-4,7,11,14,19H,5-6,8-9H2,1-2H3,(H,17,20). The first kappa shape index (κ1) is 15.3. The molecule has 20 heavy (non-hydrogen) atoms. The van der Waals surface area contributed by atoms with Gasteiger partial charge in [-0.15, -0.1) is 0 Å². The van der Waals surface area contributed by atoms with Gasteiger partial charge < -0.3 is 10.4 Å². The van der Waals surface area contributed by atoms with Crippen LogP contribution in [0.4, 0.5) is 5.69 Å². The number of nitrogens with one attached hydrogen (secondary N) is 1. The number of hydrogen-bond acceptors (Lipinski definition) is 3. The molecule has 2 N–H and O–H groups in total. The zero-order valence-corrected chi connectivity index (χ0v) is 12.7. The molecule has 0 aromatic heterocycles. The minimum Gasteiger partial charge on any atom is -0.393 e. The monoisotopic (exact) mass is 296 g/mol. The predicted molar refractivity (Wildman–Crippen MR) is 81.0 cm³/mol. The molecule has 0 radical (unpaired) electrons. The number of aliphatic hydroxyl groups is 1. The number of halogens is 1. The van der Waals surface area contributed by atoms with Gasteiger partial charge >= 0.3 is 0 Å². The summed E-state index contributed by atoms with van der Waals surface area (Å²) in [6, 6.07) is 5.50. The quantitative estimate of drug-likeness (QED) is 0.900. The molecule has 1 heterocycles. The average Bonchev–Trinajstić information content (AvgIpc) is 2.38. The molecule has 2 unspecified atom stereocenters. The van der Waals surface area contributed by atoms with Gasteiger partial charge in [-0.2, -0.15) is 0 Å². The van der Waals surface area contributed by atoms with Crippen LogP contribution in [0.25, 0.3) is 0 Å². The Balaban J connectivity index is 1.87. The van der Waals surface area contributed by atoms with E-state index in [9.17, 15) is 9.90 Å². The summed E-state index contributed by atoms with van der Waals surface area (Å²) in [5.41, 5.74) is 1.71. The average molecular weight is 297 g/mol. The molecule has 2 atom stereocenters. The first-order chi connectivity index (χ1) is 9.45. The third-order valence-corrected chi connectivity index (χ3v) is 4.17. The van der Waals surface area contributed by atoms with Crippen LogP contribution in [0.1, 0.15) is 18.9 Å². The first-order valence-electron chi connectivity index (χ1n) is 6.92. The van der Waals surface area contributed by atoms with Gasteiger partial charge in [-0.1, -0.05) is 24.6 Å². The fraction of sp³-hybridized carbons (Fsp3) is 0.533. The molecule has 110 valence electrons. The highest BCUT2D eigenvalue weighted by Crippen LogP contribution is 2.20. The Hall–Kier alpha value is -1.10. The lowest BCUT2D eigenvalue weighted by atomic mass is 9.97. The van der Waals surface area contributed by atoms with E-state index >= 15 is 0 Å². The lowest BCUT2D eigenvalue weighted by molar-refractivity contribution is -0.118. The molecule has 5 heteroatoms. The fourth-order valence-electron chi connectivity index (χ4n) is 2.44. The van der Waals surface area contributed by atoms with Gasteiger partial charge in [0.05, 0.1) is 12.6 Å². The minimum atomic E-state index is -0.245. The van der Waals surface area contributed by atoms with Gasteiger partial charge in [0.25, 0.3) is 0 Å². The molecule has 1 amide bonds. The van der Waals surface area contributed by atoms with Gasteiger partial charge in [-0.3, -0.25) is 9.69 Å². The van der Waals surface area contributed by atoms with Crippen molar-refractivity contribution in [2.75, 3.05) is 25.0 Å². The highest BCUT2D eigenvalue weighted by Gasteiger charge is 2.25. The Morgan fingerprint density at radius 2 is 2.30 bits per heavy atom. The number of carbonyl (C=O) groups is 1. The smallest absolute Gasteiger partial charge is 0.238 e. The SMILES string of the molecule is Cc1ccc(NC(=O)CN2CCC(O)C(C)C2)cc1Cl. The summed E-state index contributed by atoms with van der Waals surface area (Å²) in [5.74, 6) is 0.166. The lowest BCUT2D eigenvalue weighted by Gasteiger charge is -2.33. The van der Waals surface area contributed by atoms with E-state index in [0.29, 0.717) is 11.6 Å². The van der Waals surface area contributed by atoms with Crippen LogP contribution in [-0.4, -0.2) is 41.7 Å². The van der Waals surface area contributed by atoms with Crippen molar-refractivity contribution in [3.8, 4) is 0 Å². The second-order valence-electron chi connectivity index (χ2n) is 5.58. The van der Waals surface area contributed by atoms with E-state index in [0.717, 1.165) is 30.8 Å². The van der Waals surface area contributed by atoms with Crippen LogP contribution >= 0.6 is 11.6 Å². The van der Waals surface area contributed by atoms with Crippen molar-refractivity contribution in [1.29, 1.82) is 0 Å². The Bertz CT molecular complexity index is 493. The van der Waals surface area contributed by atoms with E-state index in [1.807, 2.05) is 26.0 Å². The van der Waals surface area contributed by atoms with Crippen LogP contribution < -0.4 is 5.32 Å². The Labute approximate surface area is 124 Å². The van der Waals surface area contributed by atoms with Gasteiger partial charge in [0.2, 0.25) is 5.91 Å². The molecule has 1 fully saturated rings. The predicted octanol–water partition coefficient (Wildman–Crippen LogP) is 2.29. The topological polar surface area (TPSA) is 52.6 Å². The fourth-order valence-corrected chi connectivity index (χ4v) is 2.62. The molecular formula is C15H21ClN2O2. The highest BCUT2D eigenvalue weighted by molar-refractivity contribution is 6.31. The number of aliphatic hydroxyl groups excluding tert-OH is 1. The summed E-state index contributed by atoms with van der Waals surface area (Å²) >= 11 is 6.03. The molecule has 0 spiro atoms. The second kappa shape index (κ2) is 6.57. The normalized spacial score (nSPS) is 23.6. The number of amides is 1. The van der Waals surface area contributed by atoms with Gasteiger partial charge in [0.1, 0.15) is 0 Å². The molecule has 0 aliphatic carbocycles. The molecule has 0 saturated carbocycles. The molecule has 0 bridgehead atoms. The van der Waals surface area contributed by atoms with Gasteiger partial charge in [0, 0.05) is 23.8 Å². The summed E-state index contributed by atoms with van der Waals surface area (Å²) in [6.45, 7) is 5.79. The van der Waals surface area contributed by atoms with Gasteiger partial charge in [0.15, 0.2) is 0 Å². The zero-order chi connectivity index (χ0) is 14.7. The maximum absolute atomic E-state index is 12.0. The molecular weight excluding hydrogens is 276 g/mol. The number of anilines is 1. The van der Waals surface area contributed by atoms with E-state index in [1.54, 1.807) is 6.07 Å². The van der Waals surface area contributed by atoms with Crippen LogP contribution in [0.2, 0.25) is 5.02 Å². The maximum atomic E-state index is 12.0. The highest BCUT2D eigenvalue weighted by atomic mass is 35.5. The van der Waals surface area contributed by atoms with Crippen molar-refractivity contribution in [2.24, 2.45) is 5.92 Å². The van der Waals surface area contributed by atoms with Crippen molar-refractivity contribution in [3.63, 3.8) is 0 Å². The molecule has 1 saturated heterocycles. The van der Waals surface area contributed by atoms with E-state index in [4.69, 9.17) is 11.6 Å². The van der Waals surface area contributed by atoms with Crippen LogP contribution in [0.15, 0.2) is 18.2 Å². The number of nitrogens with zero attached hydrogens (tertiary/aromatic N) is 1. The molecule has 1 aromatic carbocycles. The van der Waals surface area contributed by atoms with Crippen molar-refractivity contribution in [2.45, 2.75) is 26.4 Å². The third-order valence-electron chi connectivity index (χ3n) is 3.77. The molecule has 1 aliphatic heterocycles. The van der Waals surface area contributed by atoms with Crippen LogP contribution in [0.5, 0.6) is 0 Å². The number of aryl methyl sites for hydroxylation is 1. The lowest BCUT2D eigenvalue weighted by Crippen LogP contribution is -2.45. The van der Waals surface area contributed by atoms with Crippen LogP contribution in [0.3, 0.4) is 0 Å². The van der Waals surface area contributed by atoms with Crippen LogP contribution in [-0.2, 0) is 4.79 Å². The largest absolute Gasteiger partial charge is 0.393 e. The molecule has 4 nitrogen and oxygen atoms in total. The Morgan fingerprint density at radius 3 is 2.95 bits per heavy atom. The summed E-state index contributed by atoms with van der Waals surface area (Å²) < 4.78 is 0. The van der Waals surface area contributed by atoms with Crippen molar-refractivity contribution >= 4 is 23.2 Å². The number of benzene rings is 1. The molecule has 1 aliphatic rings. The molecule has 1 aromatic rings. The summed E-state index contributed by atoms with van der Waals surface area (Å²) in [4.78, 5) is 14.1. The zero-order valence-electron chi connectivity index (χ0n) is 11.9. The summed E-state index contributed by atoms with van der Waals surface area (Å²) in [6.07, 6.45) is 0.482. The number of likely N-dealkylation sites (tertiary alicyclic amines) is 1.